The van der Waals surface area contributed by atoms with Crippen molar-refractivity contribution >= 4 is 40.2 Å². The van der Waals surface area contributed by atoms with Crippen molar-refractivity contribution in [3.63, 3.8) is 0 Å². The van der Waals surface area contributed by atoms with E-state index in [1.165, 1.54) is 35.6 Å². The number of amides is 2. The van der Waals surface area contributed by atoms with Crippen molar-refractivity contribution in [2.75, 3.05) is 9.96 Å². The predicted octanol–water partition coefficient (Wildman–Crippen LogP) is 3.71. The second-order valence-electron chi connectivity index (χ2n) is 6.96. The molecule has 1 aromatic heterocycles. The standard InChI is InChI=1S/C21H15N3O5S/c25-20-17-18(16-10-5-11-30-16)23(13-6-2-1-3-7-13)29-19(17)21(26)22(20)14-8-4-9-15(12-14)24(27)28/h1-12,17-19H/t17-,18+,19+/m0/s1. The minimum absolute atomic E-state index is 0.174. The molecule has 2 fully saturated rings. The van der Waals surface area contributed by atoms with Gasteiger partial charge >= 0.3 is 0 Å². The minimum Gasteiger partial charge on any atom is -0.273 e. The number of nitro benzene ring substituents is 1. The average molecular weight is 421 g/mol. The van der Waals surface area contributed by atoms with E-state index >= 15 is 0 Å². The van der Waals surface area contributed by atoms with Crippen molar-refractivity contribution in [2.24, 2.45) is 5.92 Å². The van der Waals surface area contributed by atoms with Crippen molar-refractivity contribution in [3.05, 3.63) is 87.1 Å². The monoisotopic (exact) mass is 421 g/mol. The van der Waals surface area contributed by atoms with Crippen LogP contribution in [0.15, 0.2) is 72.1 Å². The van der Waals surface area contributed by atoms with Gasteiger partial charge in [0.25, 0.3) is 11.6 Å². The van der Waals surface area contributed by atoms with E-state index in [1.54, 1.807) is 5.06 Å². The molecule has 0 aliphatic carbocycles. The summed E-state index contributed by atoms with van der Waals surface area (Å²) in [6.07, 6.45) is -0.996. The number of imide groups is 1. The molecule has 150 valence electrons. The van der Waals surface area contributed by atoms with Crippen molar-refractivity contribution in [3.8, 4) is 0 Å². The van der Waals surface area contributed by atoms with Gasteiger partial charge < -0.3 is 0 Å². The molecule has 3 atom stereocenters. The van der Waals surface area contributed by atoms with Gasteiger partial charge in [-0.1, -0.05) is 30.3 Å². The number of hydrogen-bond donors (Lipinski definition) is 0. The van der Waals surface area contributed by atoms with Crippen molar-refractivity contribution in [1.29, 1.82) is 0 Å². The number of hydrogen-bond acceptors (Lipinski definition) is 7. The Kier molecular flexibility index (Phi) is 4.34. The summed E-state index contributed by atoms with van der Waals surface area (Å²) in [4.78, 5) is 45.0. The van der Waals surface area contributed by atoms with Gasteiger partial charge in [0.2, 0.25) is 5.91 Å². The summed E-state index contributed by atoms with van der Waals surface area (Å²) in [5, 5.41) is 14.7. The van der Waals surface area contributed by atoms with Crippen LogP contribution in [-0.2, 0) is 14.4 Å². The molecule has 2 saturated heterocycles. The maximum Gasteiger partial charge on any atom is 0.271 e. The third kappa shape index (κ3) is 2.78. The van der Waals surface area contributed by atoms with Gasteiger partial charge in [-0.05, 0) is 29.6 Å². The van der Waals surface area contributed by atoms with Gasteiger partial charge in [0.1, 0.15) is 12.0 Å². The lowest BCUT2D eigenvalue weighted by molar-refractivity contribution is -0.384. The van der Waals surface area contributed by atoms with Crippen molar-refractivity contribution in [2.45, 2.75) is 12.1 Å². The Hall–Kier alpha value is -3.56. The lowest BCUT2D eigenvalue weighted by Crippen LogP contribution is -2.37. The lowest BCUT2D eigenvalue weighted by atomic mass is 9.95. The highest BCUT2D eigenvalue weighted by Gasteiger charge is 2.60. The van der Waals surface area contributed by atoms with E-state index in [1.807, 2.05) is 47.8 Å². The Labute approximate surface area is 175 Å². The van der Waals surface area contributed by atoms with E-state index in [9.17, 15) is 19.7 Å². The molecule has 0 unspecified atom stereocenters. The molecular formula is C21H15N3O5S. The number of para-hydroxylation sites is 1. The maximum absolute atomic E-state index is 13.4. The number of thiophene rings is 1. The van der Waals surface area contributed by atoms with Crippen molar-refractivity contribution < 1.29 is 19.3 Å². The van der Waals surface area contributed by atoms with Crippen LogP contribution in [0.1, 0.15) is 10.9 Å². The molecule has 2 amide bonds. The normalized spacial score (nSPS) is 23.1. The van der Waals surface area contributed by atoms with Crippen LogP contribution in [0.2, 0.25) is 0 Å². The SMILES string of the molecule is O=C1[C@H]2[C@@H](c3cccs3)N(c3ccccc3)O[C@H]2C(=O)N1c1cccc([N+](=O)[O-])c1. The van der Waals surface area contributed by atoms with Crippen molar-refractivity contribution in [1.82, 2.24) is 0 Å². The molecule has 3 heterocycles. The van der Waals surface area contributed by atoms with Crippen LogP contribution in [0, 0.1) is 16.0 Å². The number of carbonyl (C=O) groups excluding carboxylic acids is 2. The summed E-state index contributed by atoms with van der Waals surface area (Å²) in [6, 6.07) is 18.1. The van der Waals surface area contributed by atoms with Crippen LogP contribution >= 0.6 is 11.3 Å². The fraction of sp³-hybridized carbons (Fsp3) is 0.143. The highest BCUT2D eigenvalue weighted by Crippen LogP contribution is 2.48. The number of non-ortho nitro benzene ring substituents is 1. The van der Waals surface area contributed by atoms with Crippen LogP contribution < -0.4 is 9.96 Å². The zero-order chi connectivity index (χ0) is 20.8. The van der Waals surface area contributed by atoms with Gasteiger partial charge in [-0.2, -0.15) is 0 Å². The smallest absolute Gasteiger partial charge is 0.271 e. The third-order valence-corrected chi connectivity index (χ3v) is 6.20. The molecule has 2 aliphatic rings. The molecule has 30 heavy (non-hydrogen) atoms. The van der Waals surface area contributed by atoms with E-state index in [-0.39, 0.29) is 11.4 Å². The number of fused-ring (bicyclic) bond motifs is 1. The fourth-order valence-electron chi connectivity index (χ4n) is 3.96. The quantitative estimate of drug-likeness (QED) is 0.362. The zero-order valence-corrected chi connectivity index (χ0v) is 16.3. The summed E-state index contributed by atoms with van der Waals surface area (Å²) >= 11 is 1.48. The Balaban J connectivity index is 1.56. The van der Waals surface area contributed by atoms with Crippen LogP contribution in [0.5, 0.6) is 0 Å². The van der Waals surface area contributed by atoms with E-state index in [4.69, 9.17) is 4.84 Å². The second kappa shape index (κ2) is 7.05. The number of hydroxylamine groups is 1. The first-order valence-corrected chi connectivity index (χ1v) is 10.1. The van der Waals surface area contributed by atoms with E-state index < -0.39 is 34.8 Å². The number of carbonyl (C=O) groups is 2. The van der Waals surface area contributed by atoms with Gasteiger partial charge in [0, 0.05) is 17.0 Å². The highest BCUT2D eigenvalue weighted by atomic mass is 32.1. The molecular weight excluding hydrogens is 406 g/mol. The van der Waals surface area contributed by atoms with Gasteiger partial charge in [-0.15, -0.1) is 11.3 Å². The fourth-order valence-corrected chi connectivity index (χ4v) is 4.81. The number of nitrogens with zero attached hydrogens (tertiary/aromatic N) is 3. The Bertz CT molecular complexity index is 1130. The lowest BCUT2D eigenvalue weighted by Gasteiger charge is -2.27. The molecule has 0 radical (unpaired) electrons. The highest BCUT2D eigenvalue weighted by molar-refractivity contribution is 7.10. The largest absolute Gasteiger partial charge is 0.273 e. The second-order valence-corrected chi connectivity index (χ2v) is 7.94. The van der Waals surface area contributed by atoms with E-state index in [0.29, 0.717) is 0 Å². The molecule has 2 aliphatic heterocycles. The van der Waals surface area contributed by atoms with Crippen LogP contribution in [-0.4, -0.2) is 22.8 Å². The summed E-state index contributed by atoms with van der Waals surface area (Å²) in [5.74, 6) is -1.71. The molecule has 5 rings (SSSR count). The number of rotatable bonds is 4. The van der Waals surface area contributed by atoms with Gasteiger partial charge in [0.15, 0.2) is 6.10 Å². The van der Waals surface area contributed by atoms with Gasteiger partial charge in [-0.3, -0.25) is 24.5 Å². The van der Waals surface area contributed by atoms with E-state index in [0.717, 1.165) is 15.5 Å². The van der Waals surface area contributed by atoms with Crippen LogP contribution in [0.3, 0.4) is 0 Å². The number of benzene rings is 2. The summed E-state index contributed by atoms with van der Waals surface area (Å²) in [6.45, 7) is 0. The first-order valence-electron chi connectivity index (χ1n) is 9.23. The summed E-state index contributed by atoms with van der Waals surface area (Å²) in [5.41, 5.74) is 0.730. The Morgan fingerprint density at radius 3 is 2.40 bits per heavy atom. The third-order valence-electron chi connectivity index (χ3n) is 5.26. The number of nitro groups is 1. The average Bonchev–Trinajstić information content (AvgIpc) is 3.46. The predicted molar refractivity (Wildman–Crippen MR) is 110 cm³/mol. The molecule has 0 saturated carbocycles. The molecule has 0 bridgehead atoms. The molecule has 9 heteroatoms. The Morgan fingerprint density at radius 2 is 1.70 bits per heavy atom. The molecule has 0 spiro atoms. The topological polar surface area (TPSA) is 93.0 Å². The van der Waals surface area contributed by atoms with Crippen LogP contribution in [0.4, 0.5) is 17.1 Å². The van der Waals surface area contributed by atoms with Gasteiger partial charge in [-0.25, -0.2) is 9.96 Å². The zero-order valence-electron chi connectivity index (χ0n) is 15.5. The number of anilines is 2. The minimum atomic E-state index is -0.996. The van der Waals surface area contributed by atoms with Crippen LogP contribution in [0.25, 0.3) is 0 Å². The molecule has 3 aromatic rings. The Morgan fingerprint density at radius 1 is 0.933 bits per heavy atom. The maximum atomic E-state index is 13.4. The summed E-state index contributed by atoms with van der Waals surface area (Å²) in [7, 11) is 0. The first-order chi connectivity index (χ1) is 14.6. The molecule has 8 nitrogen and oxygen atoms in total. The summed E-state index contributed by atoms with van der Waals surface area (Å²) < 4.78 is 0. The molecule has 0 N–H and O–H groups in total. The van der Waals surface area contributed by atoms with E-state index in [2.05, 4.69) is 0 Å². The van der Waals surface area contributed by atoms with Gasteiger partial charge in [0.05, 0.1) is 16.3 Å². The first kappa shape index (κ1) is 18.5. The molecule has 2 aromatic carbocycles.